The van der Waals surface area contributed by atoms with Crippen LogP contribution in [0.2, 0.25) is 0 Å². The molecule has 26 heavy (non-hydrogen) atoms. The van der Waals surface area contributed by atoms with Crippen molar-refractivity contribution in [3.8, 4) is 11.5 Å². The van der Waals surface area contributed by atoms with Gasteiger partial charge < -0.3 is 14.5 Å². The van der Waals surface area contributed by atoms with Gasteiger partial charge in [0.05, 0.1) is 6.21 Å². The van der Waals surface area contributed by atoms with Crippen molar-refractivity contribution in [2.75, 3.05) is 18.6 Å². The van der Waals surface area contributed by atoms with Gasteiger partial charge in [0.1, 0.15) is 18.7 Å². The zero-order valence-corrected chi connectivity index (χ0v) is 13.6. The Morgan fingerprint density at radius 2 is 1.92 bits per heavy atom. The zero-order chi connectivity index (χ0) is 17.3. The van der Waals surface area contributed by atoms with Gasteiger partial charge in [-0.05, 0) is 29.8 Å². The summed E-state index contributed by atoms with van der Waals surface area (Å²) in [6, 6.07) is 13.5. The second-order valence-corrected chi connectivity index (χ2v) is 5.78. The lowest BCUT2D eigenvalue weighted by Crippen LogP contribution is -2.15. The Bertz CT molecular complexity index is 1140. The van der Waals surface area contributed by atoms with E-state index in [0.717, 1.165) is 33.5 Å². The first kappa shape index (κ1) is 14.6. The minimum Gasteiger partial charge on any atom is -0.486 e. The van der Waals surface area contributed by atoms with E-state index in [9.17, 15) is 0 Å². The van der Waals surface area contributed by atoms with Gasteiger partial charge in [0.25, 0.3) is 5.95 Å². The number of hydrogen-bond donors (Lipinski definition) is 2. The lowest BCUT2D eigenvalue weighted by atomic mass is 10.2. The molecule has 5 rings (SSSR count). The summed E-state index contributed by atoms with van der Waals surface area (Å²) in [7, 11) is 0. The Kier molecular flexibility index (Phi) is 3.38. The predicted molar refractivity (Wildman–Crippen MR) is 97.8 cm³/mol. The smallest absolute Gasteiger partial charge is 0.265 e. The van der Waals surface area contributed by atoms with Crippen LogP contribution in [0.1, 0.15) is 5.56 Å². The molecule has 1 aliphatic heterocycles. The number of anilines is 1. The first-order valence-electron chi connectivity index (χ1n) is 8.17. The van der Waals surface area contributed by atoms with Crippen LogP contribution in [-0.2, 0) is 0 Å². The van der Waals surface area contributed by atoms with E-state index in [0.29, 0.717) is 24.8 Å². The third-order valence-electron chi connectivity index (χ3n) is 4.07. The highest BCUT2D eigenvalue weighted by molar-refractivity contribution is 6.03. The predicted octanol–water partition coefficient (Wildman–Crippen LogP) is 2.72. The number of nitrogens with zero attached hydrogens (tertiary/aromatic N) is 4. The Morgan fingerprint density at radius 1 is 1.04 bits per heavy atom. The molecule has 0 unspecified atom stereocenters. The zero-order valence-electron chi connectivity index (χ0n) is 13.6. The summed E-state index contributed by atoms with van der Waals surface area (Å²) in [5.41, 5.74) is 6.05. The first-order valence-corrected chi connectivity index (χ1v) is 8.17. The van der Waals surface area contributed by atoms with Crippen LogP contribution in [0.15, 0.2) is 47.6 Å². The molecule has 0 saturated heterocycles. The molecular weight excluding hydrogens is 332 g/mol. The summed E-state index contributed by atoms with van der Waals surface area (Å²) in [4.78, 5) is 7.64. The van der Waals surface area contributed by atoms with Crippen LogP contribution in [0.5, 0.6) is 11.5 Å². The maximum Gasteiger partial charge on any atom is 0.265 e. The Morgan fingerprint density at radius 3 is 2.88 bits per heavy atom. The number of hydrogen-bond acceptors (Lipinski definition) is 7. The summed E-state index contributed by atoms with van der Waals surface area (Å²) in [6.45, 7) is 1.12. The van der Waals surface area contributed by atoms with Crippen molar-refractivity contribution < 1.29 is 9.47 Å². The number of H-pyrrole nitrogens is 1. The van der Waals surface area contributed by atoms with Crippen LogP contribution in [-0.4, -0.2) is 39.6 Å². The fourth-order valence-electron chi connectivity index (χ4n) is 2.87. The molecule has 0 spiro atoms. The summed E-state index contributed by atoms with van der Waals surface area (Å²) in [5, 5.41) is 13.5. The summed E-state index contributed by atoms with van der Waals surface area (Å²) in [6.07, 6.45) is 1.66. The van der Waals surface area contributed by atoms with Crippen LogP contribution in [0.4, 0.5) is 5.95 Å². The van der Waals surface area contributed by atoms with Crippen LogP contribution < -0.4 is 14.9 Å². The number of benzene rings is 2. The molecule has 0 fully saturated rings. The number of hydrazone groups is 1. The van der Waals surface area contributed by atoms with Crippen molar-refractivity contribution in [3.63, 3.8) is 0 Å². The van der Waals surface area contributed by atoms with Gasteiger partial charge in [0, 0.05) is 10.9 Å². The normalized spacial score (nSPS) is 13.5. The van der Waals surface area contributed by atoms with Crippen LogP contribution in [0.3, 0.4) is 0 Å². The lowest BCUT2D eigenvalue weighted by Gasteiger charge is -2.18. The van der Waals surface area contributed by atoms with Crippen molar-refractivity contribution in [1.29, 1.82) is 0 Å². The van der Waals surface area contributed by atoms with Gasteiger partial charge in [-0.1, -0.05) is 18.2 Å². The Balaban J connectivity index is 1.37. The first-order chi connectivity index (χ1) is 12.9. The molecule has 2 N–H and O–H groups in total. The van der Waals surface area contributed by atoms with E-state index in [1.807, 2.05) is 42.5 Å². The van der Waals surface area contributed by atoms with E-state index in [4.69, 9.17) is 9.47 Å². The van der Waals surface area contributed by atoms with Crippen LogP contribution >= 0.6 is 0 Å². The van der Waals surface area contributed by atoms with Gasteiger partial charge in [0.2, 0.25) is 0 Å². The number of aromatic nitrogens is 4. The quantitative estimate of drug-likeness (QED) is 0.437. The number of nitrogens with one attached hydrogen (secondary N) is 2. The van der Waals surface area contributed by atoms with Crippen molar-refractivity contribution in [1.82, 2.24) is 20.2 Å². The van der Waals surface area contributed by atoms with Crippen molar-refractivity contribution in [3.05, 3.63) is 48.0 Å². The SMILES string of the molecule is C(=NNc1nnc2c(n1)[nH]c1ccccc12)c1ccc2c(c1)OCCO2. The van der Waals surface area contributed by atoms with E-state index >= 15 is 0 Å². The average Bonchev–Trinajstić information content (AvgIpc) is 3.06. The molecule has 128 valence electrons. The standard InChI is InChI=1S/C18H14N6O2/c1-2-4-13-12(3-1)16-17(20-13)21-18(24-22-16)23-19-10-11-5-6-14-15(9-11)26-8-7-25-14/h1-6,9-10H,7-8H2,(H2,20,21,23,24). The molecule has 0 amide bonds. The third-order valence-corrected chi connectivity index (χ3v) is 4.07. The highest BCUT2D eigenvalue weighted by atomic mass is 16.6. The number of para-hydroxylation sites is 1. The molecule has 3 heterocycles. The highest BCUT2D eigenvalue weighted by Gasteiger charge is 2.11. The molecule has 4 aromatic rings. The topological polar surface area (TPSA) is 97.3 Å². The molecule has 2 aromatic heterocycles. The molecule has 8 heteroatoms. The number of ether oxygens (including phenoxy) is 2. The monoisotopic (exact) mass is 346 g/mol. The number of fused-ring (bicyclic) bond motifs is 4. The van der Waals surface area contributed by atoms with Gasteiger partial charge in [-0.2, -0.15) is 10.1 Å². The van der Waals surface area contributed by atoms with Crippen LogP contribution in [0, 0.1) is 0 Å². The molecule has 8 nitrogen and oxygen atoms in total. The van der Waals surface area contributed by atoms with Crippen molar-refractivity contribution in [2.24, 2.45) is 5.10 Å². The lowest BCUT2D eigenvalue weighted by molar-refractivity contribution is 0.171. The third kappa shape index (κ3) is 2.57. The summed E-state index contributed by atoms with van der Waals surface area (Å²) < 4.78 is 11.1. The number of aromatic amines is 1. The molecule has 0 atom stereocenters. The van der Waals surface area contributed by atoms with Crippen molar-refractivity contribution in [2.45, 2.75) is 0 Å². The minimum absolute atomic E-state index is 0.317. The average molecular weight is 346 g/mol. The second kappa shape index (κ2) is 5.99. The molecule has 1 aliphatic rings. The largest absolute Gasteiger partial charge is 0.486 e. The van der Waals surface area contributed by atoms with Gasteiger partial charge in [0.15, 0.2) is 17.1 Å². The molecule has 0 aliphatic carbocycles. The second-order valence-electron chi connectivity index (χ2n) is 5.78. The number of rotatable bonds is 3. The van der Waals surface area contributed by atoms with Gasteiger partial charge in [-0.3, -0.25) is 0 Å². The molecule has 2 aromatic carbocycles. The van der Waals surface area contributed by atoms with Gasteiger partial charge in [-0.25, -0.2) is 5.43 Å². The van der Waals surface area contributed by atoms with E-state index in [-0.39, 0.29) is 0 Å². The van der Waals surface area contributed by atoms with Gasteiger partial charge >= 0.3 is 0 Å². The van der Waals surface area contributed by atoms with Crippen LogP contribution in [0.25, 0.3) is 22.1 Å². The fraction of sp³-hybridized carbons (Fsp3) is 0.111. The van der Waals surface area contributed by atoms with E-state index in [1.165, 1.54) is 0 Å². The maximum absolute atomic E-state index is 5.56. The summed E-state index contributed by atoms with van der Waals surface area (Å²) >= 11 is 0. The van der Waals surface area contributed by atoms with E-state index in [1.54, 1.807) is 6.21 Å². The molecule has 0 bridgehead atoms. The molecule has 0 saturated carbocycles. The fourth-order valence-corrected chi connectivity index (χ4v) is 2.87. The minimum atomic E-state index is 0.317. The van der Waals surface area contributed by atoms with E-state index in [2.05, 4.69) is 30.7 Å². The van der Waals surface area contributed by atoms with Gasteiger partial charge in [-0.15, -0.1) is 10.2 Å². The molecular formula is C18H14N6O2. The Hall–Kier alpha value is -3.68. The highest BCUT2D eigenvalue weighted by Crippen LogP contribution is 2.30. The maximum atomic E-state index is 5.56. The summed E-state index contributed by atoms with van der Waals surface area (Å²) in [5.74, 6) is 1.79. The van der Waals surface area contributed by atoms with Crippen molar-refractivity contribution >= 4 is 34.2 Å². The molecule has 0 radical (unpaired) electrons. The Labute approximate surface area is 147 Å². The van der Waals surface area contributed by atoms with E-state index < -0.39 is 0 Å².